The van der Waals surface area contributed by atoms with Crippen molar-refractivity contribution in [2.75, 3.05) is 12.0 Å². The Hall–Kier alpha value is -1.46. The van der Waals surface area contributed by atoms with Crippen LogP contribution in [0.3, 0.4) is 0 Å². The highest BCUT2D eigenvalue weighted by atomic mass is 32.2. The molecule has 1 saturated heterocycles. The standard InChI is InChI=1S/C16H16N2OS2/c1-20-14-7-5-12(6-8-14)16-18(15(19)11-21-16)10-13-4-2-3-9-17-13/h2-9,16H,10-11H2,1H3. The van der Waals surface area contributed by atoms with Crippen LogP contribution in [0.1, 0.15) is 16.6 Å². The molecule has 1 aromatic carbocycles. The molecular formula is C16H16N2OS2. The summed E-state index contributed by atoms with van der Waals surface area (Å²) in [5.41, 5.74) is 2.11. The molecule has 1 aliphatic heterocycles. The summed E-state index contributed by atoms with van der Waals surface area (Å²) in [6.07, 6.45) is 3.83. The Morgan fingerprint density at radius 1 is 1.29 bits per heavy atom. The normalized spacial score (nSPS) is 18.2. The smallest absolute Gasteiger partial charge is 0.234 e. The lowest BCUT2D eigenvalue weighted by molar-refractivity contribution is -0.128. The molecule has 0 aliphatic carbocycles. The second-order valence-electron chi connectivity index (χ2n) is 4.78. The van der Waals surface area contributed by atoms with Gasteiger partial charge < -0.3 is 4.90 Å². The van der Waals surface area contributed by atoms with E-state index in [4.69, 9.17) is 0 Å². The highest BCUT2D eigenvalue weighted by molar-refractivity contribution is 8.00. The Balaban J connectivity index is 1.81. The van der Waals surface area contributed by atoms with Crippen molar-refractivity contribution in [1.82, 2.24) is 9.88 Å². The van der Waals surface area contributed by atoms with E-state index in [-0.39, 0.29) is 11.3 Å². The first-order valence-corrected chi connectivity index (χ1v) is 9.00. The number of nitrogens with zero attached hydrogens (tertiary/aromatic N) is 2. The Kier molecular flexibility index (Phi) is 4.51. The predicted molar refractivity (Wildman–Crippen MR) is 88.2 cm³/mol. The van der Waals surface area contributed by atoms with Crippen LogP contribution in [0.15, 0.2) is 53.6 Å². The number of hydrogen-bond acceptors (Lipinski definition) is 4. The number of hydrogen-bond donors (Lipinski definition) is 0. The van der Waals surface area contributed by atoms with Crippen molar-refractivity contribution in [1.29, 1.82) is 0 Å². The lowest BCUT2D eigenvalue weighted by Crippen LogP contribution is -2.28. The molecule has 3 nitrogen and oxygen atoms in total. The van der Waals surface area contributed by atoms with Crippen LogP contribution in [0, 0.1) is 0 Å². The zero-order valence-electron chi connectivity index (χ0n) is 11.7. The van der Waals surface area contributed by atoms with E-state index in [1.807, 2.05) is 23.1 Å². The number of pyridine rings is 1. The average Bonchev–Trinajstić information content (AvgIpc) is 2.90. The fourth-order valence-corrected chi connectivity index (χ4v) is 3.93. The van der Waals surface area contributed by atoms with E-state index in [0.717, 1.165) is 5.69 Å². The van der Waals surface area contributed by atoms with Crippen molar-refractivity contribution in [3.8, 4) is 0 Å². The largest absolute Gasteiger partial charge is 0.320 e. The minimum Gasteiger partial charge on any atom is -0.320 e. The molecule has 1 unspecified atom stereocenters. The Morgan fingerprint density at radius 2 is 2.10 bits per heavy atom. The van der Waals surface area contributed by atoms with Crippen molar-refractivity contribution >= 4 is 29.4 Å². The Morgan fingerprint density at radius 3 is 2.76 bits per heavy atom. The van der Waals surface area contributed by atoms with Gasteiger partial charge in [0.25, 0.3) is 0 Å². The second-order valence-corrected chi connectivity index (χ2v) is 6.73. The van der Waals surface area contributed by atoms with Crippen molar-refractivity contribution < 1.29 is 4.79 Å². The van der Waals surface area contributed by atoms with Gasteiger partial charge in [0.15, 0.2) is 0 Å². The number of thioether (sulfide) groups is 2. The molecule has 0 N–H and O–H groups in total. The second kappa shape index (κ2) is 6.54. The fraction of sp³-hybridized carbons (Fsp3) is 0.250. The van der Waals surface area contributed by atoms with E-state index >= 15 is 0 Å². The third-order valence-electron chi connectivity index (χ3n) is 3.43. The molecule has 1 aromatic heterocycles. The van der Waals surface area contributed by atoms with Crippen molar-refractivity contribution in [3.63, 3.8) is 0 Å². The average molecular weight is 316 g/mol. The van der Waals surface area contributed by atoms with E-state index in [1.54, 1.807) is 29.7 Å². The molecule has 1 atom stereocenters. The number of amides is 1. The number of benzene rings is 1. The van der Waals surface area contributed by atoms with Gasteiger partial charge in [0.2, 0.25) is 5.91 Å². The lowest BCUT2D eigenvalue weighted by atomic mass is 10.2. The van der Waals surface area contributed by atoms with Crippen molar-refractivity contribution in [2.45, 2.75) is 16.8 Å². The van der Waals surface area contributed by atoms with Crippen LogP contribution in [0.25, 0.3) is 0 Å². The summed E-state index contributed by atoms with van der Waals surface area (Å²) in [4.78, 5) is 19.6. The highest BCUT2D eigenvalue weighted by Crippen LogP contribution is 2.39. The Bertz CT molecular complexity index is 616. The fourth-order valence-electron chi connectivity index (χ4n) is 2.34. The number of carbonyl (C=O) groups is 1. The van der Waals surface area contributed by atoms with Gasteiger partial charge in [-0.25, -0.2) is 0 Å². The molecule has 0 bridgehead atoms. The van der Waals surface area contributed by atoms with Gasteiger partial charge in [0.1, 0.15) is 5.37 Å². The summed E-state index contributed by atoms with van der Waals surface area (Å²) in [5, 5.41) is 0.0930. The highest BCUT2D eigenvalue weighted by Gasteiger charge is 2.32. The summed E-state index contributed by atoms with van der Waals surface area (Å²) >= 11 is 3.41. The molecule has 1 fully saturated rings. The molecule has 5 heteroatoms. The third-order valence-corrected chi connectivity index (χ3v) is 5.43. The topological polar surface area (TPSA) is 33.2 Å². The van der Waals surface area contributed by atoms with E-state index in [2.05, 4.69) is 35.5 Å². The monoisotopic (exact) mass is 316 g/mol. The molecule has 0 radical (unpaired) electrons. The van der Waals surface area contributed by atoms with Crippen LogP contribution in [0.4, 0.5) is 0 Å². The zero-order valence-corrected chi connectivity index (χ0v) is 13.4. The Labute approximate surface area is 133 Å². The van der Waals surface area contributed by atoms with E-state index in [0.29, 0.717) is 12.3 Å². The molecule has 1 amide bonds. The maximum Gasteiger partial charge on any atom is 0.234 e. The van der Waals surface area contributed by atoms with Crippen LogP contribution < -0.4 is 0 Å². The molecule has 3 rings (SSSR count). The molecular weight excluding hydrogens is 300 g/mol. The van der Waals surface area contributed by atoms with E-state index in [9.17, 15) is 4.79 Å². The van der Waals surface area contributed by atoms with Gasteiger partial charge in [0.05, 0.1) is 18.0 Å². The lowest BCUT2D eigenvalue weighted by Gasteiger charge is -2.24. The van der Waals surface area contributed by atoms with Crippen LogP contribution in [0.5, 0.6) is 0 Å². The molecule has 2 aromatic rings. The third kappa shape index (κ3) is 3.24. The molecule has 108 valence electrons. The number of rotatable bonds is 4. The van der Waals surface area contributed by atoms with Gasteiger partial charge in [-0.3, -0.25) is 9.78 Å². The quantitative estimate of drug-likeness (QED) is 0.807. The molecule has 0 saturated carbocycles. The van der Waals surface area contributed by atoms with Crippen molar-refractivity contribution in [3.05, 3.63) is 59.9 Å². The van der Waals surface area contributed by atoms with Crippen molar-refractivity contribution in [2.24, 2.45) is 0 Å². The van der Waals surface area contributed by atoms with E-state index in [1.165, 1.54) is 10.5 Å². The van der Waals surface area contributed by atoms with Gasteiger partial charge in [-0.15, -0.1) is 23.5 Å². The molecule has 1 aliphatic rings. The summed E-state index contributed by atoms with van der Waals surface area (Å²) in [5.74, 6) is 0.728. The summed E-state index contributed by atoms with van der Waals surface area (Å²) in [7, 11) is 0. The summed E-state index contributed by atoms with van der Waals surface area (Å²) < 4.78 is 0. The van der Waals surface area contributed by atoms with Gasteiger partial charge in [0, 0.05) is 11.1 Å². The van der Waals surface area contributed by atoms with Gasteiger partial charge >= 0.3 is 0 Å². The minimum atomic E-state index is 0.0930. The summed E-state index contributed by atoms with van der Waals surface area (Å²) in [6, 6.07) is 14.3. The van der Waals surface area contributed by atoms with Gasteiger partial charge in [-0.05, 0) is 36.1 Å². The minimum absolute atomic E-state index is 0.0930. The molecule has 0 spiro atoms. The van der Waals surface area contributed by atoms with E-state index < -0.39 is 0 Å². The maximum absolute atomic E-state index is 12.2. The van der Waals surface area contributed by atoms with Gasteiger partial charge in [-0.1, -0.05) is 18.2 Å². The summed E-state index contributed by atoms with van der Waals surface area (Å²) in [6.45, 7) is 0.571. The van der Waals surface area contributed by atoms with Crippen LogP contribution in [-0.2, 0) is 11.3 Å². The first kappa shape index (κ1) is 14.5. The van der Waals surface area contributed by atoms with Crippen LogP contribution in [-0.4, -0.2) is 27.8 Å². The maximum atomic E-state index is 12.2. The number of carbonyl (C=O) groups excluding carboxylic acids is 1. The first-order valence-electron chi connectivity index (χ1n) is 6.73. The predicted octanol–water partition coefficient (Wildman–Crippen LogP) is 3.58. The molecule has 2 heterocycles. The molecule has 21 heavy (non-hydrogen) atoms. The van der Waals surface area contributed by atoms with Crippen LogP contribution in [0.2, 0.25) is 0 Å². The first-order chi connectivity index (χ1) is 10.3. The number of aromatic nitrogens is 1. The van der Waals surface area contributed by atoms with Crippen LogP contribution >= 0.6 is 23.5 Å². The SMILES string of the molecule is CSc1ccc(C2SCC(=O)N2Cc2ccccn2)cc1. The van der Waals surface area contributed by atoms with Gasteiger partial charge in [-0.2, -0.15) is 0 Å². The zero-order chi connectivity index (χ0) is 14.7.